The Morgan fingerprint density at radius 2 is 1.70 bits per heavy atom. The average Bonchev–Trinajstić information content (AvgIpc) is 2.21. The van der Waals surface area contributed by atoms with E-state index in [1.54, 1.807) is 0 Å². The first-order valence-corrected chi connectivity index (χ1v) is 3.95. The Balaban J connectivity index is 2.06. The minimum atomic E-state index is -0.108. The first kappa shape index (κ1) is 6.35. The molecule has 2 aliphatic rings. The van der Waals surface area contributed by atoms with Crippen molar-refractivity contribution in [2.45, 2.75) is 31.8 Å². The third-order valence-corrected chi connectivity index (χ3v) is 2.80. The van der Waals surface area contributed by atoms with Gasteiger partial charge in [-0.25, -0.2) is 0 Å². The van der Waals surface area contributed by atoms with Gasteiger partial charge in [-0.3, -0.25) is 4.79 Å². The van der Waals surface area contributed by atoms with Crippen molar-refractivity contribution >= 4 is 5.78 Å². The quantitative estimate of drug-likeness (QED) is 0.538. The smallest absolute Gasteiger partial charge is 0.133 e. The van der Waals surface area contributed by atoms with Crippen molar-refractivity contribution in [3.63, 3.8) is 0 Å². The zero-order chi connectivity index (χ0) is 7.14. The molecule has 3 atom stereocenters. The molecule has 0 amide bonds. The molecule has 2 saturated carbocycles. The molecule has 0 aromatic carbocycles. The van der Waals surface area contributed by atoms with E-state index in [-0.39, 0.29) is 6.10 Å². The summed E-state index contributed by atoms with van der Waals surface area (Å²) in [4.78, 5) is 10.9. The second kappa shape index (κ2) is 2.06. The first-order chi connectivity index (χ1) is 4.75. The van der Waals surface area contributed by atoms with Gasteiger partial charge in [0.15, 0.2) is 0 Å². The van der Waals surface area contributed by atoms with Gasteiger partial charge in [-0.05, 0) is 24.7 Å². The van der Waals surface area contributed by atoms with E-state index in [0.29, 0.717) is 17.6 Å². The van der Waals surface area contributed by atoms with Gasteiger partial charge in [-0.2, -0.15) is 0 Å². The summed E-state index contributed by atoms with van der Waals surface area (Å²) in [6.07, 6.45) is 3.11. The Labute approximate surface area is 60.2 Å². The lowest BCUT2D eigenvalue weighted by Crippen LogP contribution is -2.02. The maximum atomic E-state index is 10.9. The van der Waals surface area contributed by atoms with Gasteiger partial charge in [0.05, 0.1) is 6.10 Å². The Morgan fingerprint density at radius 3 is 2.20 bits per heavy atom. The van der Waals surface area contributed by atoms with Gasteiger partial charge in [0.2, 0.25) is 0 Å². The van der Waals surface area contributed by atoms with Crippen molar-refractivity contribution in [2.24, 2.45) is 11.8 Å². The molecule has 2 fully saturated rings. The van der Waals surface area contributed by atoms with Gasteiger partial charge in [-0.15, -0.1) is 0 Å². The molecule has 2 heteroatoms. The monoisotopic (exact) mass is 140 g/mol. The second-order valence-electron chi connectivity index (χ2n) is 3.59. The predicted octanol–water partition coefficient (Wildman–Crippen LogP) is 0.736. The van der Waals surface area contributed by atoms with Crippen LogP contribution in [0.15, 0.2) is 0 Å². The summed E-state index contributed by atoms with van der Waals surface area (Å²) in [6, 6.07) is 0. The number of carbonyl (C=O) groups is 1. The highest BCUT2D eigenvalue weighted by Crippen LogP contribution is 2.42. The van der Waals surface area contributed by atoms with Crippen molar-refractivity contribution in [3.8, 4) is 0 Å². The van der Waals surface area contributed by atoms with Gasteiger partial charge in [0, 0.05) is 12.8 Å². The zero-order valence-electron chi connectivity index (χ0n) is 5.92. The van der Waals surface area contributed by atoms with Crippen LogP contribution in [0.5, 0.6) is 0 Å². The van der Waals surface area contributed by atoms with Gasteiger partial charge >= 0.3 is 0 Å². The number of rotatable bonds is 0. The molecular formula is C8H12O2. The van der Waals surface area contributed by atoms with Crippen molar-refractivity contribution < 1.29 is 9.90 Å². The molecule has 2 nitrogen and oxygen atoms in total. The van der Waals surface area contributed by atoms with Crippen LogP contribution in [-0.2, 0) is 4.79 Å². The van der Waals surface area contributed by atoms with E-state index in [9.17, 15) is 9.90 Å². The molecule has 0 saturated heterocycles. The highest BCUT2D eigenvalue weighted by Gasteiger charge is 2.40. The maximum absolute atomic E-state index is 10.9. The SMILES string of the molecule is O=C1C[C@@H]2CC(O)C[C@@H]2C1. The molecule has 0 aliphatic heterocycles. The molecule has 0 heterocycles. The molecular weight excluding hydrogens is 128 g/mol. The van der Waals surface area contributed by atoms with Gasteiger partial charge in [0.25, 0.3) is 0 Å². The molecule has 0 aromatic rings. The van der Waals surface area contributed by atoms with Crippen LogP contribution in [-0.4, -0.2) is 17.0 Å². The molecule has 0 bridgehead atoms. The third kappa shape index (κ3) is 0.870. The summed E-state index contributed by atoms with van der Waals surface area (Å²) < 4.78 is 0. The Kier molecular flexibility index (Phi) is 1.31. The largest absolute Gasteiger partial charge is 0.393 e. The summed E-state index contributed by atoms with van der Waals surface area (Å²) in [6.45, 7) is 0. The molecule has 10 heavy (non-hydrogen) atoms. The van der Waals surface area contributed by atoms with E-state index in [0.717, 1.165) is 25.7 Å². The lowest BCUT2D eigenvalue weighted by Gasteiger charge is -2.02. The number of hydrogen-bond donors (Lipinski definition) is 1. The van der Waals surface area contributed by atoms with E-state index >= 15 is 0 Å². The standard InChI is InChI=1S/C8H12O2/c9-7-1-5-2-8(10)4-6(5)3-7/h5-7,9H,1-4H2/t5-,6+,7?. The van der Waals surface area contributed by atoms with Crippen LogP contribution >= 0.6 is 0 Å². The van der Waals surface area contributed by atoms with Crippen LogP contribution in [0.4, 0.5) is 0 Å². The third-order valence-electron chi connectivity index (χ3n) is 2.80. The number of hydrogen-bond acceptors (Lipinski definition) is 2. The molecule has 0 aromatic heterocycles. The Hall–Kier alpha value is -0.370. The van der Waals surface area contributed by atoms with Crippen molar-refractivity contribution in [1.29, 1.82) is 0 Å². The average molecular weight is 140 g/mol. The molecule has 1 N–H and O–H groups in total. The highest BCUT2D eigenvalue weighted by molar-refractivity contribution is 5.81. The summed E-state index contributed by atoms with van der Waals surface area (Å²) in [5.41, 5.74) is 0. The number of ketones is 1. The fourth-order valence-electron chi connectivity index (χ4n) is 2.35. The van der Waals surface area contributed by atoms with Gasteiger partial charge in [0.1, 0.15) is 5.78 Å². The van der Waals surface area contributed by atoms with Crippen LogP contribution < -0.4 is 0 Å². The topological polar surface area (TPSA) is 37.3 Å². The summed E-state index contributed by atoms with van der Waals surface area (Å²) in [7, 11) is 0. The molecule has 2 rings (SSSR count). The number of fused-ring (bicyclic) bond motifs is 1. The second-order valence-corrected chi connectivity index (χ2v) is 3.59. The number of aliphatic hydroxyl groups is 1. The molecule has 1 unspecified atom stereocenters. The zero-order valence-corrected chi connectivity index (χ0v) is 5.92. The van der Waals surface area contributed by atoms with E-state index in [4.69, 9.17) is 0 Å². The maximum Gasteiger partial charge on any atom is 0.133 e. The summed E-state index contributed by atoms with van der Waals surface area (Å²) in [5, 5.41) is 9.21. The fraction of sp³-hybridized carbons (Fsp3) is 0.875. The van der Waals surface area contributed by atoms with E-state index < -0.39 is 0 Å². The van der Waals surface area contributed by atoms with Crippen molar-refractivity contribution in [2.75, 3.05) is 0 Å². The minimum absolute atomic E-state index is 0.108. The van der Waals surface area contributed by atoms with Gasteiger partial charge in [-0.1, -0.05) is 0 Å². The van der Waals surface area contributed by atoms with E-state index in [1.807, 2.05) is 0 Å². The molecule has 2 aliphatic carbocycles. The molecule has 56 valence electrons. The number of Topliss-reactive ketones (excluding diaryl/α,β-unsaturated/α-hetero) is 1. The Bertz CT molecular complexity index is 149. The van der Waals surface area contributed by atoms with Crippen LogP contribution in [0.1, 0.15) is 25.7 Å². The predicted molar refractivity (Wildman–Crippen MR) is 36.5 cm³/mol. The van der Waals surface area contributed by atoms with Crippen LogP contribution in [0.2, 0.25) is 0 Å². The molecule has 0 radical (unpaired) electrons. The van der Waals surface area contributed by atoms with Crippen LogP contribution in [0, 0.1) is 11.8 Å². The Morgan fingerprint density at radius 1 is 1.20 bits per heavy atom. The minimum Gasteiger partial charge on any atom is -0.393 e. The highest BCUT2D eigenvalue weighted by atomic mass is 16.3. The van der Waals surface area contributed by atoms with E-state index in [1.165, 1.54) is 0 Å². The number of aliphatic hydroxyl groups excluding tert-OH is 1. The van der Waals surface area contributed by atoms with Crippen LogP contribution in [0.3, 0.4) is 0 Å². The lowest BCUT2D eigenvalue weighted by atomic mass is 10.0. The van der Waals surface area contributed by atoms with E-state index in [2.05, 4.69) is 0 Å². The first-order valence-electron chi connectivity index (χ1n) is 3.95. The van der Waals surface area contributed by atoms with Gasteiger partial charge < -0.3 is 5.11 Å². The number of carbonyl (C=O) groups excluding carboxylic acids is 1. The summed E-state index contributed by atoms with van der Waals surface area (Å²) in [5.74, 6) is 1.46. The van der Waals surface area contributed by atoms with Crippen molar-refractivity contribution in [1.82, 2.24) is 0 Å². The lowest BCUT2D eigenvalue weighted by molar-refractivity contribution is -0.118. The molecule has 0 spiro atoms. The fourth-order valence-corrected chi connectivity index (χ4v) is 2.35. The van der Waals surface area contributed by atoms with Crippen molar-refractivity contribution in [3.05, 3.63) is 0 Å². The van der Waals surface area contributed by atoms with Crippen LogP contribution in [0.25, 0.3) is 0 Å². The summed E-state index contributed by atoms with van der Waals surface area (Å²) >= 11 is 0. The normalized spacial score (nSPS) is 46.1.